The number of fused-ring (bicyclic) bond motifs is 1. The number of amides is 1. The number of nitrogens with zero attached hydrogens (tertiary/aromatic N) is 5. The first kappa shape index (κ1) is 14.7. The van der Waals surface area contributed by atoms with Gasteiger partial charge in [0.2, 0.25) is 5.91 Å². The van der Waals surface area contributed by atoms with Gasteiger partial charge >= 0.3 is 0 Å². The van der Waals surface area contributed by atoms with Gasteiger partial charge in [0.1, 0.15) is 12.4 Å². The smallest absolute Gasteiger partial charge is 0.245 e. The first-order chi connectivity index (χ1) is 11.7. The Morgan fingerprint density at radius 1 is 1.25 bits per heavy atom. The van der Waals surface area contributed by atoms with Crippen LogP contribution in [0.4, 0.5) is 0 Å². The fraction of sp³-hybridized carbons (Fsp3) is 0.278. The van der Waals surface area contributed by atoms with E-state index in [9.17, 15) is 4.79 Å². The van der Waals surface area contributed by atoms with Crippen LogP contribution < -0.4 is 0 Å². The molecule has 1 amide bonds. The number of carbonyl (C=O) groups is 1. The quantitative estimate of drug-likeness (QED) is 0.743. The summed E-state index contributed by atoms with van der Waals surface area (Å²) < 4.78 is 3.87. The molecule has 0 spiro atoms. The highest BCUT2D eigenvalue weighted by molar-refractivity contribution is 5.76. The molecule has 0 aliphatic carbocycles. The maximum Gasteiger partial charge on any atom is 0.245 e. The molecule has 1 atom stereocenters. The molecule has 4 rings (SSSR count). The summed E-state index contributed by atoms with van der Waals surface area (Å²) in [6, 6.07) is 12.0. The van der Waals surface area contributed by atoms with Crippen molar-refractivity contribution in [1.29, 1.82) is 0 Å². The fourth-order valence-corrected chi connectivity index (χ4v) is 3.27. The second kappa shape index (κ2) is 5.96. The molecule has 0 saturated carbocycles. The third-order valence-electron chi connectivity index (χ3n) is 4.54. The van der Waals surface area contributed by atoms with E-state index in [2.05, 4.69) is 33.7 Å². The largest absolute Gasteiger partial charge is 0.328 e. The highest BCUT2D eigenvalue weighted by Gasteiger charge is 2.32. The number of aryl methyl sites for hydroxylation is 1. The lowest BCUT2D eigenvalue weighted by molar-refractivity contribution is -0.136. The predicted octanol–water partition coefficient (Wildman–Crippen LogP) is 2.17. The van der Waals surface area contributed by atoms with Crippen molar-refractivity contribution in [3.05, 3.63) is 72.1 Å². The van der Waals surface area contributed by atoms with Gasteiger partial charge in [-0.3, -0.25) is 9.48 Å². The van der Waals surface area contributed by atoms with Crippen molar-refractivity contribution in [2.75, 3.05) is 0 Å². The lowest BCUT2D eigenvalue weighted by Gasteiger charge is -2.37. The number of benzene rings is 1. The normalized spacial score (nSPS) is 16.9. The van der Waals surface area contributed by atoms with Crippen LogP contribution in [-0.2, 0) is 24.4 Å². The second-order valence-electron chi connectivity index (χ2n) is 6.08. The third kappa shape index (κ3) is 2.60. The van der Waals surface area contributed by atoms with Gasteiger partial charge in [0.25, 0.3) is 0 Å². The number of carbonyl (C=O) groups excluding carboxylic acids is 1. The summed E-state index contributed by atoms with van der Waals surface area (Å²) in [4.78, 5) is 19.3. The first-order valence-corrected chi connectivity index (χ1v) is 8.05. The van der Waals surface area contributed by atoms with Crippen LogP contribution in [0, 0.1) is 6.92 Å². The lowest BCUT2D eigenvalue weighted by Crippen LogP contribution is -2.43. The molecular weight excluding hydrogens is 302 g/mol. The molecule has 2 aromatic heterocycles. The van der Waals surface area contributed by atoms with Gasteiger partial charge in [-0.2, -0.15) is 5.10 Å². The second-order valence-corrected chi connectivity index (χ2v) is 6.08. The van der Waals surface area contributed by atoms with Crippen LogP contribution in [0.3, 0.4) is 0 Å². The van der Waals surface area contributed by atoms with Crippen molar-refractivity contribution in [2.24, 2.45) is 0 Å². The highest BCUT2D eigenvalue weighted by atomic mass is 16.2. The average Bonchev–Trinajstić information content (AvgIpc) is 3.24. The van der Waals surface area contributed by atoms with Crippen molar-refractivity contribution in [2.45, 2.75) is 32.6 Å². The van der Waals surface area contributed by atoms with E-state index in [1.807, 2.05) is 41.6 Å². The van der Waals surface area contributed by atoms with E-state index in [0.29, 0.717) is 6.54 Å². The van der Waals surface area contributed by atoms with Gasteiger partial charge in [-0.05, 0) is 18.6 Å². The van der Waals surface area contributed by atoms with E-state index in [1.165, 1.54) is 0 Å². The van der Waals surface area contributed by atoms with E-state index in [1.54, 1.807) is 10.9 Å². The zero-order valence-electron chi connectivity index (χ0n) is 13.5. The van der Waals surface area contributed by atoms with Crippen LogP contribution >= 0.6 is 0 Å². The monoisotopic (exact) mass is 321 g/mol. The van der Waals surface area contributed by atoms with E-state index in [-0.39, 0.29) is 18.5 Å². The first-order valence-electron chi connectivity index (χ1n) is 8.05. The van der Waals surface area contributed by atoms with E-state index in [4.69, 9.17) is 0 Å². The summed E-state index contributed by atoms with van der Waals surface area (Å²) in [5.41, 5.74) is 2.27. The topological polar surface area (TPSA) is 56.0 Å². The van der Waals surface area contributed by atoms with Crippen LogP contribution in [0.5, 0.6) is 0 Å². The van der Waals surface area contributed by atoms with Crippen LogP contribution in [0.15, 0.2) is 55.0 Å². The fourth-order valence-electron chi connectivity index (χ4n) is 3.27. The lowest BCUT2D eigenvalue weighted by atomic mass is 10.0. The molecule has 6 nitrogen and oxygen atoms in total. The maximum absolute atomic E-state index is 12.9. The Morgan fingerprint density at radius 2 is 2.08 bits per heavy atom. The summed E-state index contributed by atoms with van der Waals surface area (Å²) in [7, 11) is 0. The SMILES string of the molecule is Cc1cnc2n1CC(c1ccccc1)N(C(=O)Cn1cccn1)C2. The molecule has 0 radical (unpaired) electrons. The highest BCUT2D eigenvalue weighted by Crippen LogP contribution is 2.30. The molecular formula is C18H19N5O. The van der Waals surface area contributed by atoms with Crippen molar-refractivity contribution in [1.82, 2.24) is 24.2 Å². The standard InChI is InChI=1S/C18H19N5O/c1-14-10-19-17-12-23(18(24)13-21-9-5-8-20-21)16(11-22(14)17)15-6-3-2-4-7-15/h2-10,16H,11-13H2,1H3. The summed E-state index contributed by atoms with van der Waals surface area (Å²) in [5, 5.41) is 4.15. The number of imidazole rings is 1. The Balaban J connectivity index is 1.67. The van der Waals surface area contributed by atoms with E-state index >= 15 is 0 Å². The van der Waals surface area contributed by atoms with Gasteiger partial charge in [-0.25, -0.2) is 4.98 Å². The number of rotatable bonds is 3. The molecule has 1 unspecified atom stereocenters. The Bertz CT molecular complexity index is 838. The van der Waals surface area contributed by atoms with Crippen LogP contribution in [-0.4, -0.2) is 30.1 Å². The van der Waals surface area contributed by atoms with Crippen LogP contribution in [0.25, 0.3) is 0 Å². The molecule has 0 N–H and O–H groups in total. The minimum atomic E-state index is 0.00895. The Hall–Kier alpha value is -2.89. The number of aromatic nitrogens is 4. The van der Waals surface area contributed by atoms with Gasteiger partial charge in [0, 0.05) is 30.8 Å². The molecule has 6 heteroatoms. The Kier molecular flexibility index (Phi) is 3.65. The van der Waals surface area contributed by atoms with Gasteiger partial charge < -0.3 is 9.47 Å². The molecule has 24 heavy (non-hydrogen) atoms. The molecule has 3 heterocycles. The van der Waals surface area contributed by atoms with Crippen molar-refractivity contribution in [3.63, 3.8) is 0 Å². The molecule has 0 bridgehead atoms. The predicted molar refractivity (Wildman–Crippen MR) is 88.9 cm³/mol. The number of hydrogen-bond acceptors (Lipinski definition) is 3. The number of hydrogen-bond donors (Lipinski definition) is 0. The zero-order valence-corrected chi connectivity index (χ0v) is 13.5. The molecule has 122 valence electrons. The van der Waals surface area contributed by atoms with Crippen molar-refractivity contribution in [3.8, 4) is 0 Å². The van der Waals surface area contributed by atoms with E-state index in [0.717, 1.165) is 23.6 Å². The van der Waals surface area contributed by atoms with Crippen molar-refractivity contribution < 1.29 is 4.79 Å². The van der Waals surface area contributed by atoms with Crippen LogP contribution in [0.2, 0.25) is 0 Å². The molecule has 1 aliphatic rings. The Labute approximate surface area is 140 Å². The molecule has 1 aliphatic heterocycles. The van der Waals surface area contributed by atoms with Crippen molar-refractivity contribution >= 4 is 5.91 Å². The summed E-state index contributed by atoms with van der Waals surface area (Å²) in [6.45, 7) is 3.55. The minimum absolute atomic E-state index is 0.00895. The molecule has 1 aromatic carbocycles. The zero-order chi connectivity index (χ0) is 16.5. The van der Waals surface area contributed by atoms with Crippen LogP contribution in [0.1, 0.15) is 23.1 Å². The van der Waals surface area contributed by atoms with E-state index < -0.39 is 0 Å². The molecule has 3 aromatic rings. The van der Waals surface area contributed by atoms with Gasteiger partial charge in [-0.15, -0.1) is 0 Å². The van der Waals surface area contributed by atoms with Gasteiger partial charge in [0.05, 0.1) is 12.6 Å². The summed E-state index contributed by atoms with van der Waals surface area (Å²) >= 11 is 0. The molecule has 0 saturated heterocycles. The van der Waals surface area contributed by atoms with Gasteiger partial charge in [-0.1, -0.05) is 30.3 Å². The van der Waals surface area contributed by atoms with Gasteiger partial charge in [0.15, 0.2) is 0 Å². The minimum Gasteiger partial charge on any atom is -0.328 e. The maximum atomic E-state index is 12.9. The summed E-state index contributed by atoms with van der Waals surface area (Å²) in [5.74, 6) is 0.993. The third-order valence-corrected chi connectivity index (χ3v) is 4.54. The summed E-state index contributed by atoms with van der Waals surface area (Å²) in [6.07, 6.45) is 5.37. The average molecular weight is 321 g/mol. The Morgan fingerprint density at radius 3 is 2.83 bits per heavy atom. The molecule has 0 fully saturated rings.